The number of benzene rings is 1. The topological polar surface area (TPSA) is 17.1 Å². The molecule has 0 spiro atoms. The minimum Gasteiger partial charge on any atom is -0.299 e. The maximum absolute atomic E-state index is 12.4. The lowest BCUT2D eigenvalue weighted by atomic mass is 9.92. The summed E-state index contributed by atoms with van der Waals surface area (Å²) in [5, 5.41) is 0. The van der Waals surface area contributed by atoms with Crippen LogP contribution >= 0.6 is 0 Å². The van der Waals surface area contributed by atoms with Gasteiger partial charge in [-0.2, -0.15) is 0 Å². The molecule has 0 aliphatic carbocycles. The Kier molecular flexibility index (Phi) is 12.9. The highest BCUT2D eigenvalue weighted by atomic mass is 16.1. The van der Waals surface area contributed by atoms with Gasteiger partial charge in [0.05, 0.1) is 0 Å². The van der Waals surface area contributed by atoms with Crippen molar-refractivity contribution < 1.29 is 4.79 Å². The fourth-order valence-electron chi connectivity index (χ4n) is 3.37. The van der Waals surface area contributed by atoms with Gasteiger partial charge >= 0.3 is 0 Å². The van der Waals surface area contributed by atoms with Gasteiger partial charge in [-0.3, -0.25) is 4.79 Å². The molecule has 1 unspecified atom stereocenters. The van der Waals surface area contributed by atoms with E-state index in [-0.39, 0.29) is 5.92 Å². The van der Waals surface area contributed by atoms with Crippen LogP contribution in [0.5, 0.6) is 0 Å². The van der Waals surface area contributed by atoms with Gasteiger partial charge in [-0.1, -0.05) is 114 Å². The first-order valence-corrected chi connectivity index (χ1v) is 10.5. The van der Waals surface area contributed by atoms with Crippen molar-refractivity contribution in [3.63, 3.8) is 0 Å². The summed E-state index contributed by atoms with van der Waals surface area (Å²) in [6, 6.07) is 10.0. The van der Waals surface area contributed by atoms with E-state index in [2.05, 4.69) is 13.5 Å². The lowest BCUT2D eigenvalue weighted by Crippen LogP contribution is -2.14. The van der Waals surface area contributed by atoms with Crippen molar-refractivity contribution in [3.05, 3.63) is 48.6 Å². The molecular weight excluding hydrogens is 304 g/mol. The summed E-state index contributed by atoms with van der Waals surface area (Å²) in [6.45, 7) is 6.14. The van der Waals surface area contributed by atoms with Crippen molar-refractivity contribution in [2.45, 2.75) is 90.4 Å². The number of rotatable bonds is 16. The van der Waals surface area contributed by atoms with Crippen LogP contribution in [0.4, 0.5) is 0 Å². The van der Waals surface area contributed by atoms with Gasteiger partial charge in [0.1, 0.15) is 5.78 Å². The molecule has 25 heavy (non-hydrogen) atoms. The number of ketones is 1. The summed E-state index contributed by atoms with van der Waals surface area (Å²) in [4.78, 5) is 12.4. The smallest absolute Gasteiger partial charge is 0.144 e. The number of hydrogen-bond acceptors (Lipinski definition) is 1. The Labute approximate surface area is 155 Å². The molecule has 0 amide bonds. The van der Waals surface area contributed by atoms with Crippen molar-refractivity contribution in [3.8, 4) is 0 Å². The second-order valence-corrected chi connectivity index (χ2v) is 7.30. The van der Waals surface area contributed by atoms with Gasteiger partial charge in [0.2, 0.25) is 0 Å². The zero-order valence-electron chi connectivity index (χ0n) is 16.3. The van der Waals surface area contributed by atoms with Crippen LogP contribution < -0.4 is 0 Å². The van der Waals surface area contributed by atoms with Crippen LogP contribution in [0.15, 0.2) is 43.0 Å². The molecule has 1 aromatic rings. The number of Topliss-reactive ketones (excluding diaryl/α,β-unsaturated/α-hetero) is 1. The molecule has 0 saturated carbocycles. The Balaban J connectivity index is 2.03. The van der Waals surface area contributed by atoms with Crippen molar-refractivity contribution in [2.24, 2.45) is 5.92 Å². The summed E-state index contributed by atoms with van der Waals surface area (Å²) in [6.07, 6.45) is 18.2. The monoisotopic (exact) mass is 342 g/mol. The van der Waals surface area contributed by atoms with Gasteiger partial charge < -0.3 is 0 Å². The Morgan fingerprint density at radius 3 is 1.92 bits per heavy atom. The molecule has 0 heterocycles. The van der Waals surface area contributed by atoms with E-state index >= 15 is 0 Å². The molecule has 1 heteroatoms. The fourth-order valence-corrected chi connectivity index (χ4v) is 3.37. The second-order valence-electron chi connectivity index (χ2n) is 7.30. The van der Waals surface area contributed by atoms with Crippen molar-refractivity contribution in [1.82, 2.24) is 0 Å². The molecule has 1 nitrogen and oxygen atoms in total. The van der Waals surface area contributed by atoms with E-state index in [1.807, 2.05) is 36.4 Å². The largest absolute Gasteiger partial charge is 0.299 e. The van der Waals surface area contributed by atoms with Crippen molar-refractivity contribution >= 4 is 5.78 Å². The van der Waals surface area contributed by atoms with E-state index in [0.29, 0.717) is 12.2 Å². The summed E-state index contributed by atoms with van der Waals surface area (Å²) >= 11 is 0. The van der Waals surface area contributed by atoms with Crippen LogP contribution in [-0.4, -0.2) is 5.78 Å². The van der Waals surface area contributed by atoms with Crippen LogP contribution in [0.3, 0.4) is 0 Å². The summed E-state index contributed by atoms with van der Waals surface area (Å²) in [7, 11) is 0. The SMILES string of the molecule is C=CC(CCCCCCCCCCCCC)C(=O)Cc1ccccc1. The van der Waals surface area contributed by atoms with Gasteiger partial charge in [-0.25, -0.2) is 0 Å². The van der Waals surface area contributed by atoms with E-state index in [9.17, 15) is 4.79 Å². The molecule has 140 valence electrons. The van der Waals surface area contributed by atoms with Crippen LogP contribution in [0.25, 0.3) is 0 Å². The Bertz CT molecular complexity index is 448. The molecule has 1 atom stereocenters. The normalized spacial score (nSPS) is 12.0. The second kappa shape index (κ2) is 14.9. The zero-order chi connectivity index (χ0) is 18.2. The molecular formula is C24H38O. The van der Waals surface area contributed by atoms with E-state index < -0.39 is 0 Å². The van der Waals surface area contributed by atoms with Crippen LogP contribution in [0.2, 0.25) is 0 Å². The van der Waals surface area contributed by atoms with Crippen LogP contribution in [0.1, 0.15) is 89.5 Å². The Hall–Kier alpha value is -1.37. The first kappa shape index (κ1) is 21.7. The minimum atomic E-state index is 0.0266. The molecule has 1 rings (SSSR count). The molecule has 0 saturated heterocycles. The number of carbonyl (C=O) groups is 1. The third kappa shape index (κ3) is 11.0. The summed E-state index contributed by atoms with van der Waals surface area (Å²) in [5.74, 6) is 0.340. The van der Waals surface area contributed by atoms with Crippen molar-refractivity contribution in [2.75, 3.05) is 0 Å². The quantitative estimate of drug-likeness (QED) is 0.227. The lowest BCUT2D eigenvalue weighted by molar-refractivity contribution is -0.121. The summed E-state index contributed by atoms with van der Waals surface area (Å²) in [5.41, 5.74) is 1.11. The fraction of sp³-hybridized carbons (Fsp3) is 0.625. The molecule has 0 fully saturated rings. The van der Waals surface area contributed by atoms with Crippen LogP contribution in [0, 0.1) is 5.92 Å². The van der Waals surface area contributed by atoms with E-state index in [0.717, 1.165) is 18.4 Å². The maximum atomic E-state index is 12.4. The Morgan fingerprint density at radius 2 is 1.40 bits per heavy atom. The van der Waals surface area contributed by atoms with Crippen molar-refractivity contribution in [1.29, 1.82) is 0 Å². The standard InChI is InChI=1S/C24H38O/c1-3-5-6-7-8-9-10-11-12-13-17-20-23(4-2)24(25)21-22-18-15-14-16-19-22/h4,14-16,18-19,23H,2-3,5-13,17,20-21H2,1H3. The van der Waals surface area contributed by atoms with E-state index in [4.69, 9.17) is 0 Å². The van der Waals surface area contributed by atoms with Gasteiger partial charge in [0.15, 0.2) is 0 Å². The lowest BCUT2D eigenvalue weighted by Gasteiger charge is -2.11. The molecule has 0 aliphatic heterocycles. The van der Waals surface area contributed by atoms with E-state index in [1.165, 1.54) is 64.2 Å². The third-order valence-electron chi connectivity index (χ3n) is 5.04. The maximum Gasteiger partial charge on any atom is 0.144 e. The van der Waals surface area contributed by atoms with Gasteiger partial charge in [-0.05, 0) is 12.0 Å². The van der Waals surface area contributed by atoms with Gasteiger partial charge in [0, 0.05) is 12.3 Å². The number of carbonyl (C=O) groups excluding carboxylic acids is 1. The first-order valence-electron chi connectivity index (χ1n) is 10.5. The molecule has 0 N–H and O–H groups in total. The predicted molar refractivity (Wildman–Crippen MR) is 110 cm³/mol. The number of unbranched alkanes of at least 4 members (excludes halogenated alkanes) is 10. The molecule has 0 aromatic heterocycles. The van der Waals surface area contributed by atoms with E-state index in [1.54, 1.807) is 0 Å². The number of allylic oxidation sites excluding steroid dienone is 1. The zero-order valence-corrected chi connectivity index (χ0v) is 16.3. The summed E-state index contributed by atoms with van der Waals surface area (Å²) < 4.78 is 0. The predicted octanol–water partition coefficient (Wildman–Crippen LogP) is 7.30. The molecule has 1 aromatic carbocycles. The first-order chi connectivity index (χ1) is 12.3. The average Bonchev–Trinajstić information content (AvgIpc) is 2.63. The molecule has 0 aliphatic rings. The van der Waals surface area contributed by atoms with Gasteiger partial charge in [0.25, 0.3) is 0 Å². The highest BCUT2D eigenvalue weighted by molar-refractivity contribution is 5.84. The third-order valence-corrected chi connectivity index (χ3v) is 5.04. The van der Waals surface area contributed by atoms with Gasteiger partial charge in [-0.15, -0.1) is 6.58 Å². The Morgan fingerprint density at radius 1 is 0.880 bits per heavy atom. The number of hydrogen-bond donors (Lipinski definition) is 0. The molecule has 0 bridgehead atoms. The highest BCUT2D eigenvalue weighted by Gasteiger charge is 2.14. The average molecular weight is 343 g/mol. The minimum absolute atomic E-state index is 0.0266. The molecule has 0 radical (unpaired) electrons. The highest BCUT2D eigenvalue weighted by Crippen LogP contribution is 2.17. The van der Waals surface area contributed by atoms with Crippen LogP contribution in [-0.2, 0) is 11.2 Å².